The third-order valence-electron chi connectivity index (χ3n) is 5.03. The van der Waals surface area contributed by atoms with E-state index in [9.17, 15) is 0 Å². The molecule has 0 N–H and O–H groups in total. The quantitative estimate of drug-likeness (QED) is 0.647. The highest BCUT2D eigenvalue weighted by Crippen LogP contribution is 2.55. The largest absolute Gasteiger partial charge is 0.306 e. The Balaban J connectivity index is 1.47. The Morgan fingerprint density at radius 3 is 2.00 bits per heavy atom. The van der Waals surface area contributed by atoms with Crippen LogP contribution in [0.25, 0.3) is 0 Å². The molecule has 3 aliphatic rings. The molecule has 0 bridgehead atoms. The molecule has 0 amide bonds. The van der Waals surface area contributed by atoms with E-state index >= 15 is 0 Å². The van der Waals surface area contributed by atoms with Crippen molar-refractivity contribution in [1.82, 2.24) is 9.80 Å². The summed E-state index contributed by atoms with van der Waals surface area (Å²) in [6.45, 7) is 5.45. The van der Waals surface area contributed by atoms with Crippen molar-refractivity contribution >= 4 is 0 Å². The van der Waals surface area contributed by atoms with E-state index < -0.39 is 0 Å². The van der Waals surface area contributed by atoms with Crippen LogP contribution >= 0.6 is 0 Å². The predicted molar refractivity (Wildman–Crippen MR) is 62.9 cm³/mol. The Hall–Kier alpha value is -0.0800. The molecular weight excluding hydrogens is 184 g/mol. The standard InChI is InChI=1S/C13H24N2/c1-14-5-3-11(4-6-14)12-7-13(8-12)9-15(2)10-13/h11-12H,3-10H2,1-2H3. The molecule has 86 valence electrons. The Bertz CT molecular complexity index is 229. The summed E-state index contributed by atoms with van der Waals surface area (Å²) in [4.78, 5) is 4.97. The first-order valence-corrected chi connectivity index (χ1v) is 6.54. The number of likely N-dealkylation sites (tertiary alicyclic amines) is 2. The maximum atomic E-state index is 2.49. The zero-order valence-corrected chi connectivity index (χ0v) is 10.2. The second-order valence-corrected chi connectivity index (χ2v) is 6.48. The molecule has 0 aromatic carbocycles. The molecule has 1 aliphatic carbocycles. The molecule has 0 aromatic heterocycles. The maximum Gasteiger partial charge on any atom is 0.00476 e. The fourth-order valence-corrected chi connectivity index (χ4v) is 4.24. The summed E-state index contributed by atoms with van der Waals surface area (Å²) in [5, 5.41) is 0. The van der Waals surface area contributed by atoms with Gasteiger partial charge in [0.15, 0.2) is 0 Å². The van der Waals surface area contributed by atoms with E-state index in [-0.39, 0.29) is 0 Å². The molecule has 2 heteroatoms. The lowest BCUT2D eigenvalue weighted by molar-refractivity contribution is -0.104. The van der Waals surface area contributed by atoms with Crippen molar-refractivity contribution < 1.29 is 0 Å². The molecule has 1 saturated carbocycles. The summed E-state index contributed by atoms with van der Waals surface area (Å²) in [5.74, 6) is 2.16. The van der Waals surface area contributed by atoms with Crippen LogP contribution in [0.15, 0.2) is 0 Å². The van der Waals surface area contributed by atoms with E-state index in [2.05, 4.69) is 23.9 Å². The van der Waals surface area contributed by atoms with Crippen LogP contribution in [0.2, 0.25) is 0 Å². The van der Waals surface area contributed by atoms with Gasteiger partial charge < -0.3 is 9.80 Å². The third-order valence-corrected chi connectivity index (χ3v) is 5.03. The minimum absolute atomic E-state index is 0.794. The summed E-state index contributed by atoms with van der Waals surface area (Å²) < 4.78 is 0. The molecule has 0 unspecified atom stereocenters. The summed E-state index contributed by atoms with van der Waals surface area (Å²) in [6, 6.07) is 0. The Morgan fingerprint density at radius 1 is 0.867 bits per heavy atom. The van der Waals surface area contributed by atoms with Gasteiger partial charge in [-0.05, 0) is 70.1 Å². The highest BCUT2D eigenvalue weighted by molar-refractivity contribution is 5.04. The topological polar surface area (TPSA) is 6.48 Å². The van der Waals surface area contributed by atoms with E-state index in [1.165, 1.54) is 39.0 Å². The van der Waals surface area contributed by atoms with E-state index in [4.69, 9.17) is 0 Å². The van der Waals surface area contributed by atoms with Gasteiger partial charge in [0.1, 0.15) is 0 Å². The number of piperidine rings is 1. The van der Waals surface area contributed by atoms with Crippen LogP contribution in [0.3, 0.4) is 0 Å². The summed E-state index contributed by atoms with van der Waals surface area (Å²) in [5.41, 5.74) is 0.794. The predicted octanol–water partition coefficient (Wildman–Crippen LogP) is 1.67. The van der Waals surface area contributed by atoms with Crippen LogP contribution in [-0.2, 0) is 0 Å². The van der Waals surface area contributed by atoms with Crippen LogP contribution in [-0.4, -0.2) is 50.1 Å². The SMILES string of the molecule is CN1CCC(C2CC3(C2)CN(C)C3)CC1. The molecule has 3 fully saturated rings. The minimum atomic E-state index is 0.794. The normalized spacial score (nSPS) is 34.0. The molecule has 2 saturated heterocycles. The van der Waals surface area contributed by atoms with Crippen LogP contribution in [0, 0.1) is 17.3 Å². The molecule has 3 rings (SSSR count). The van der Waals surface area contributed by atoms with Crippen molar-refractivity contribution in [2.75, 3.05) is 40.3 Å². The van der Waals surface area contributed by atoms with Gasteiger partial charge in [0, 0.05) is 13.1 Å². The van der Waals surface area contributed by atoms with Crippen LogP contribution in [0.5, 0.6) is 0 Å². The Kier molecular flexibility index (Phi) is 2.33. The lowest BCUT2D eigenvalue weighted by Crippen LogP contribution is -2.61. The summed E-state index contributed by atoms with van der Waals surface area (Å²) >= 11 is 0. The highest BCUT2D eigenvalue weighted by atomic mass is 15.2. The lowest BCUT2D eigenvalue weighted by Gasteiger charge is -2.60. The van der Waals surface area contributed by atoms with Crippen molar-refractivity contribution in [3.05, 3.63) is 0 Å². The van der Waals surface area contributed by atoms with Crippen LogP contribution < -0.4 is 0 Å². The van der Waals surface area contributed by atoms with E-state index in [0.717, 1.165) is 17.3 Å². The second kappa shape index (κ2) is 3.46. The fraction of sp³-hybridized carbons (Fsp3) is 1.00. The van der Waals surface area contributed by atoms with Crippen molar-refractivity contribution in [3.8, 4) is 0 Å². The minimum Gasteiger partial charge on any atom is -0.306 e. The number of nitrogens with zero attached hydrogens (tertiary/aromatic N) is 2. The number of hydrogen-bond acceptors (Lipinski definition) is 2. The summed E-state index contributed by atoms with van der Waals surface area (Å²) in [6.07, 6.45) is 6.03. The van der Waals surface area contributed by atoms with Gasteiger partial charge in [0.25, 0.3) is 0 Å². The van der Waals surface area contributed by atoms with Crippen molar-refractivity contribution in [2.24, 2.45) is 17.3 Å². The zero-order chi connectivity index (χ0) is 10.5. The van der Waals surface area contributed by atoms with Crippen LogP contribution in [0.4, 0.5) is 0 Å². The third kappa shape index (κ3) is 1.72. The molecule has 15 heavy (non-hydrogen) atoms. The van der Waals surface area contributed by atoms with E-state index in [0.29, 0.717) is 0 Å². The molecule has 1 spiro atoms. The summed E-state index contributed by atoms with van der Waals surface area (Å²) in [7, 11) is 4.52. The lowest BCUT2D eigenvalue weighted by atomic mass is 9.54. The molecule has 0 atom stereocenters. The number of rotatable bonds is 1. The van der Waals surface area contributed by atoms with Gasteiger partial charge in [-0.2, -0.15) is 0 Å². The maximum absolute atomic E-state index is 2.49. The highest BCUT2D eigenvalue weighted by Gasteiger charge is 2.52. The first-order chi connectivity index (χ1) is 7.17. The first-order valence-electron chi connectivity index (χ1n) is 6.54. The number of hydrogen-bond donors (Lipinski definition) is 0. The molecule has 0 radical (unpaired) electrons. The van der Waals surface area contributed by atoms with Gasteiger partial charge >= 0.3 is 0 Å². The van der Waals surface area contributed by atoms with Crippen LogP contribution in [0.1, 0.15) is 25.7 Å². The average Bonchev–Trinajstić information content (AvgIpc) is 2.11. The molecular formula is C13H24N2. The smallest absolute Gasteiger partial charge is 0.00476 e. The molecule has 0 aromatic rings. The van der Waals surface area contributed by atoms with Gasteiger partial charge in [0.05, 0.1) is 0 Å². The zero-order valence-electron chi connectivity index (χ0n) is 10.2. The fourth-order valence-electron chi connectivity index (χ4n) is 4.24. The van der Waals surface area contributed by atoms with Gasteiger partial charge in [0.2, 0.25) is 0 Å². The average molecular weight is 208 g/mol. The Labute approximate surface area is 93.6 Å². The van der Waals surface area contributed by atoms with Gasteiger partial charge in [-0.25, -0.2) is 0 Å². The Morgan fingerprint density at radius 2 is 1.47 bits per heavy atom. The molecule has 2 nitrogen and oxygen atoms in total. The van der Waals surface area contributed by atoms with Gasteiger partial charge in [-0.15, -0.1) is 0 Å². The monoisotopic (exact) mass is 208 g/mol. The van der Waals surface area contributed by atoms with Crippen molar-refractivity contribution in [3.63, 3.8) is 0 Å². The molecule has 2 aliphatic heterocycles. The first kappa shape index (κ1) is 10.1. The van der Waals surface area contributed by atoms with Gasteiger partial charge in [-0.1, -0.05) is 0 Å². The van der Waals surface area contributed by atoms with E-state index in [1.54, 1.807) is 12.8 Å². The van der Waals surface area contributed by atoms with Crippen molar-refractivity contribution in [2.45, 2.75) is 25.7 Å². The second-order valence-electron chi connectivity index (χ2n) is 6.48. The molecule has 2 heterocycles. The van der Waals surface area contributed by atoms with E-state index in [1.807, 2.05) is 0 Å². The van der Waals surface area contributed by atoms with Crippen molar-refractivity contribution in [1.29, 1.82) is 0 Å². The van der Waals surface area contributed by atoms with Gasteiger partial charge in [-0.3, -0.25) is 0 Å².